The van der Waals surface area contributed by atoms with E-state index in [1.807, 2.05) is 19.2 Å². The van der Waals surface area contributed by atoms with E-state index in [1.54, 1.807) is 0 Å². The minimum atomic E-state index is 0.0846. The molecule has 0 radical (unpaired) electrons. The van der Waals surface area contributed by atoms with Crippen molar-refractivity contribution in [3.63, 3.8) is 0 Å². The molecule has 16 heavy (non-hydrogen) atoms. The molecule has 88 valence electrons. The molecule has 3 nitrogen and oxygen atoms in total. The minimum Gasteiger partial charge on any atom is -0.357 e. The summed E-state index contributed by atoms with van der Waals surface area (Å²) in [6.07, 6.45) is 4.62. The van der Waals surface area contributed by atoms with E-state index in [0.717, 1.165) is 24.8 Å². The number of nitrogens with two attached hydrogens (primary N) is 1. The van der Waals surface area contributed by atoms with E-state index in [0.29, 0.717) is 0 Å². The van der Waals surface area contributed by atoms with Crippen LogP contribution < -0.4 is 10.6 Å². The van der Waals surface area contributed by atoms with Crippen molar-refractivity contribution in [3.8, 4) is 0 Å². The first kappa shape index (κ1) is 11.4. The molecule has 0 saturated heterocycles. The molecule has 0 amide bonds. The molecule has 1 aliphatic carbocycles. The van der Waals surface area contributed by atoms with Crippen molar-refractivity contribution in [1.29, 1.82) is 0 Å². The Bertz CT molecular complexity index is 345. The van der Waals surface area contributed by atoms with Crippen molar-refractivity contribution in [3.05, 3.63) is 23.9 Å². The summed E-state index contributed by atoms with van der Waals surface area (Å²) < 4.78 is 0. The van der Waals surface area contributed by atoms with Crippen LogP contribution in [0.25, 0.3) is 0 Å². The van der Waals surface area contributed by atoms with E-state index < -0.39 is 0 Å². The second kappa shape index (κ2) is 4.83. The molecular formula is C13H21N3. The molecule has 0 unspecified atom stereocenters. The van der Waals surface area contributed by atoms with Crippen LogP contribution in [0.3, 0.4) is 0 Å². The summed E-state index contributed by atoms with van der Waals surface area (Å²) >= 11 is 0. The summed E-state index contributed by atoms with van der Waals surface area (Å²) in [4.78, 5) is 6.79. The summed E-state index contributed by atoms with van der Waals surface area (Å²) in [6.45, 7) is 6.36. The second-order valence-electron chi connectivity index (χ2n) is 4.72. The first-order valence-electron chi connectivity index (χ1n) is 6.17. The lowest BCUT2D eigenvalue weighted by Gasteiger charge is -2.22. The van der Waals surface area contributed by atoms with Crippen LogP contribution in [0.2, 0.25) is 0 Å². The van der Waals surface area contributed by atoms with E-state index in [-0.39, 0.29) is 6.04 Å². The number of hydrogen-bond acceptors (Lipinski definition) is 3. The smallest absolute Gasteiger partial charge is 0.128 e. The second-order valence-corrected chi connectivity index (χ2v) is 4.72. The molecule has 0 bridgehead atoms. The van der Waals surface area contributed by atoms with Gasteiger partial charge in [-0.15, -0.1) is 0 Å². The summed E-state index contributed by atoms with van der Waals surface area (Å²) in [6, 6.07) is 4.21. The Morgan fingerprint density at radius 1 is 1.56 bits per heavy atom. The van der Waals surface area contributed by atoms with Gasteiger partial charge in [0.15, 0.2) is 0 Å². The van der Waals surface area contributed by atoms with Gasteiger partial charge >= 0.3 is 0 Å². The van der Waals surface area contributed by atoms with Crippen LogP contribution in [0.5, 0.6) is 0 Å². The number of nitrogens with zero attached hydrogens (tertiary/aromatic N) is 2. The normalized spacial score (nSPS) is 17.2. The average molecular weight is 219 g/mol. The first-order valence-corrected chi connectivity index (χ1v) is 6.17. The third kappa shape index (κ3) is 2.73. The molecule has 0 aliphatic heterocycles. The van der Waals surface area contributed by atoms with Gasteiger partial charge in [0.25, 0.3) is 0 Å². The SMILES string of the molecule is CCN(CC1CC1)c1cc([C@H](C)N)ccn1. The number of rotatable bonds is 5. The summed E-state index contributed by atoms with van der Waals surface area (Å²) in [5, 5.41) is 0. The maximum Gasteiger partial charge on any atom is 0.128 e. The maximum atomic E-state index is 5.89. The van der Waals surface area contributed by atoms with Crippen molar-refractivity contribution < 1.29 is 0 Å². The molecular weight excluding hydrogens is 198 g/mol. The van der Waals surface area contributed by atoms with Crippen LogP contribution in [0.1, 0.15) is 38.3 Å². The molecule has 0 aromatic carbocycles. The van der Waals surface area contributed by atoms with Crippen molar-refractivity contribution in [2.75, 3.05) is 18.0 Å². The van der Waals surface area contributed by atoms with Crippen molar-refractivity contribution >= 4 is 5.82 Å². The van der Waals surface area contributed by atoms with Gasteiger partial charge < -0.3 is 10.6 Å². The topological polar surface area (TPSA) is 42.1 Å². The van der Waals surface area contributed by atoms with Crippen LogP contribution in [-0.2, 0) is 0 Å². The molecule has 1 heterocycles. The van der Waals surface area contributed by atoms with E-state index in [1.165, 1.54) is 18.4 Å². The van der Waals surface area contributed by atoms with Crippen LogP contribution in [0.4, 0.5) is 5.82 Å². The molecule has 0 spiro atoms. The highest BCUT2D eigenvalue weighted by Gasteiger charge is 2.24. The highest BCUT2D eigenvalue weighted by molar-refractivity contribution is 5.41. The fraction of sp³-hybridized carbons (Fsp3) is 0.615. The highest BCUT2D eigenvalue weighted by Crippen LogP contribution is 2.31. The van der Waals surface area contributed by atoms with Crippen LogP contribution in [-0.4, -0.2) is 18.1 Å². The fourth-order valence-electron chi connectivity index (χ4n) is 1.89. The lowest BCUT2D eigenvalue weighted by atomic mass is 10.1. The Kier molecular flexibility index (Phi) is 3.44. The summed E-state index contributed by atoms with van der Waals surface area (Å²) in [5.41, 5.74) is 7.06. The number of anilines is 1. The van der Waals surface area contributed by atoms with E-state index >= 15 is 0 Å². The molecule has 1 aromatic rings. The molecule has 1 aliphatic rings. The lowest BCUT2D eigenvalue weighted by Crippen LogP contribution is -2.26. The lowest BCUT2D eigenvalue weighted by molar-refractivity contribution is 0.728. The predicted molar refractivity (Wildman–Crippen MR) is 67.5 cm³/mol. The van der Waals surface area contributed by atoms with Crippen LogP contribution in [0, 0.1) is 5.92 Å². The Labute approximate surface area is 97.7 Å². The molecule has 1 fully saturated rings. The molecule has 3 heteroatoms. The first-order chi connectivity index (χ1) is 7.70. The molecule has 2 N–H and O–H groups in total. The molecule has 1 saturated carbocycles. The van der Waals surface area contributed by atoms with Gasteiger partial charge in [0, 0.05) is 25.3 Å². The van der Waals surface area contributed by atoms with Gasteiger partial charge in [-0.05, 0) is 50.3 Å². The monoisotopic (exact) mass is 219 g/mol. The van der Waals surface area contributed by atoms with Crippen molar-refractivity contribution in [2.24, 2.45) is 11.7 Å². The molecule has 1 atom stereocenters. The zero-order valence-electron chi connectivity index (χ0n) is 10.2. The average Bonchev–Trinajstić information content (AvgIpc) is 3.10. The van der Waals surface area contributed by atoms with E-state index in [2.05, 4.69) is 22.9 Å². The number of pyridine rings is 1. The standard InChI is InChI=1S/C13H21N3/c1-3-16(9-11-4-5-11)13-8-12(10(2)14)6-7-15-13/h6-8,10-11H,3-5,9,14H2,1-2H3/t10-/m0/s1. The third-order valence-corrected chi connectivity index (χ3v) is 3.18. The minimum absolute atomic E-state index is 0.0846. The van der Waals surface area contributed by atoms with Crippen LogP contribution >= 0.6 is 0 Å². The Morgan fingerprint density at radius 3 is 2.88 bits per heavy atom. The number of aromatic nitrogens is 1. The third-order valence-electron chi connectivity index (χ3n) is 3.18. The molecule has 2 rings (SSSR count). The zero-order valence-corrected chi connectivity index (χ0v) is 10.2. The van der Waals surface area contributed by atoms with Crippen molar-refractivity contribution in [1.82, 2.24) is 4.98 Å². The summed E-state index contributed by atoms with van der Waals surface area (Å²) in [7, 11) is 0. The Morgan fingerprint density at radius 2 is 2.31 bits per heavy atom. The van der Waals surface area contributed by atoms with Crippen molar-refractivity contribution in [2.45, 2.75) is 32.7 Å². The van der Waals surface area contributed by atoms with E-state index in [9.17, 15) is 0 Å². The maximum absolute atomic E-state index is 5.89. The van der Waals surface area contributed by atoms with Gasteiger partial charge in [-0.1, -0.05) is 0 Å². The van der Waals surface area contributed by atoms with Gasteiger partial charge in [0.05, 0.1) is 0 Å². The summed E-state index contributed by atoms with van der Waals surface area (Å²) in [5.74, 6) is 1.96. The van der Waals surface area contributed by atoms with Gasteiger partial charge in [-0.3, -0.25) is 0 Å². The zero-order chi connectivity index (χ0) is 11.5. The largest absolute Gasteiger partial charge is 0.357 e. The van der Waals surface area contributed by atoms with Gasteiger partial charge in [0.1, 0.15) is 5.82 Å². The van der Waals surface area contributed by atoms with Crippen LogP contribution in [0.15, 0.2) is 18.3 Å². The number of hydrogen-bond donors (Lipinski definition) is 1. The van der Waals surface area contributed by atoms with Gasteiger partial charge in [-0.25, -0.2) is 4.98 Å². The van der Waals surface area contributed by atoms with Gasteiger partial charge in [-0.2, -0.15) is 0 Å². The highest BCUT2D eigenvalue weighted by atomic mass is 15.2. The molecule has 1 aromatic heterocycles. The quantitative estimate of drug-likeness (QED) is 0.826. The Balaban J connectivity index is 2.12. The van der Waals surface area contributed by atoms with Gasteiger partial charge in [0.2, 0.25) is 0 Å². The van der Waals surface area contributed by atoms with E-state index in [4.69, 9.17) is 5.73 Å². The predicted octanol–water partition coefficient (Wildman–Crippen LogP) is 2.34. The Hall–Kier alpha value is -1.09. The fourth-order valence-corrected chi connectivity index (χ4v) is 1.89.